The Morgan fingerprint density at radius 3 is 2.70 bits per heavy atom. The third-order valence-electron chi connectivity index (χ3n) is 4.78. The van der Waals surface area contributed by atoms with E-state index in [-0.39, 0.29) is 11.7 Å². The number of phenolic OH excluding ortho intramolecular Hbond substituents is 1. The summed E-state index contributed by atoms with van der Waals surface area (Å²) in [6.07, 6.45) is 0. The number of phenols is 1. The van der Waals surface area contributed by atoms with Gasteiger partial charge in [-0.1, -0.05) is 11.8 Å². The van der Waals surface area contributed by atoms with Gasteiger partial charge in [0.15, 0.2) is 0 Å². The van der Waals surface area contributed by atoms with E-state index in [2.05, 4.69) is 4.90 Å². The summed E-state index contributed by atoms with van der Waals surface area (Å²) in [5.74, 6) is 0.618. The van der Waals surface area contributed by atoms with E-state index in [1.54, 1.807) is 19.1 Å². The number of benzene rings is 1. The van der Waals surface area contributed by atoms with Crippen LogP contribution in [0, 0.1) is 6.92 Å². The average molecular weight is 446 g/mol. The van der Waals surface area contributed by atoms with Crippen LogP contribution in [-0.4, -0.2) is 58.9 Å². The predicted octanol–water partition coefficient (Wildman–Crippen LogP) is 3.87. The SMILES string of the molecule is CCOC(=O)c1sc2nc(CN3CCOCC3)nc(Sc3ccc(O)cc3)c2c1C. The Morgan fingerprint density at radius 1 is 1.27 bits per heavy atom. The summed E-state index contributed by atoms with van der Waals surface area (Å²) in [6, 6.07) is 7.01. The highest BCUT2D eigenvalue weighted by Crippen LogP contribution is 2.39. The highest BCUT2D eigenvalue weighted by Gasteiger charge is 2.23. The molecule has 2 aromatic heterocycles. The number of rotatable bonds is 6. The van der Waals surface area contributed by atoms with E-state index in [0.717, 1.165) is 44.6 Å². The van der Waals surface area contributed by atoms with Gasteiger partial charge in [0.05, 0.1) is 26.4 Å². The first kappa shape index (κ1) is 21.0. The topological polar surface area (TPSA) is 84.8 Å². The first-order valence-electron chi connectivity index (χ1n) is 9.79. The van der Waals surface area contributed by atoms with Gasteiger partial charge in [0.25, 0.3) is 0 Å². The Kier molecular flexibility index (Phi) is 6.52. The number of aryl methyl sites for hydroxylation is 1. The Labute approximate surface area is 183 Å². The van der Waals surface area contributed by atoms with Crippen molar-refractivity contribution in [2.45, 2.75) is 30.3 Å². The van der Waals surface area contributed by atoms with E-state index in [4.69, 9.17) is 19.4 Å². The maximum Gasteiger partial charge on any atom is 0.348 e. The number of nitrogens with zero attached hydrogens (tertiary/aromatic N) is 3. The molecule has 0 saturated carbocycles. The first-order chi connectivity index (χ1) is 14.5. The summed E-state index contributed by atoms with van der Waals surface area (Å²) in [6.45, 7) is 7.79. The molecule has 1 saturated heterocycles. The van der Waals surface area contributed by atoms with Gasteiger partial charge in [-0.05, 0) is 43.7 Å². The standard InChI is InChI=1S/C21H23N3O4S2/c1-3-28-21(26)18-13(2)17-19(29-15-6-4-14(25)5-7-15)22-16(23-20(17)30-18)12-24-8-10-27-11-9-24/h4-7,25H,3,8-12H2,1-2H3. The lowest BCUT2D eigenvalue weighted by Gasteiger charge is -2.25. The molecule has 4 rings (SSSR count). The van der Waals surface area contributed by atoms with Crippen molar-refractivity contribution >= 4 is 39.3 Å². The Hall–Kier alpha value is -2.20. The molecule has 0 spiro atoms. The molecule has 1 N–H and O–H groups in total. The van der Waals surface area contributed by atoms with Crippen LogP contribution in [-0.2, 0) is 16.0 Å². The molecular weight excluding hydrogens is 422 g/mol. The van der Waals surface area contributed by atoms with E-state index in [1.807, 2.05) is 19.1 Å². The van der Waals surface area contributed by atoms with Crippen molar-refractivity contribution in [3.63, 3.8) is 0 Å². The van der Waals surface area contributed by atoms with Gasteiger partial charge in [0.2, 0.25) is 0 Å². The van der Waals surface area contributed by atoms with Crippen molar-refractivity contribution in [3.8, 4) is 5.75 Å². The van der Waals surface area contributed by atoms with Gasteiger partial charge in [0, 0.05) is 23.4 Å². The van der Waals surface area contributed by atoms with Crippen LogP contribution in [0.1, 0.15) is 28.0 Å². The summed E-state index contributed by atoms with van der Waals surface area (Å²) in [4.78, 5) is 26.6. The molecule has 1 aromatic carbocycles. The summed E-state index contributed by atoms with van der Waals surface area (Å²) in [7, 11) is 0. The molecule has 7 nitrogen and oxygen atoms in total. The van der Waals surface area contributed by atoms with Crippen LogP contribution in [0.25, 0.3) is 10.2 Å². The summed E-state index contributed by atoms with van der Waals surface area (Å²) < 4.78 is 10.7. The van der Waals surface area contributed by atoms with Crippen LogP contribution in [0.5, 0.6) is 5.75 Å². The number of carbonyl (C=O) groups excluding carboxylic acids is 1. The zero-order valence-electron chi connectivity index (χ0n) is 16.9. The van der Waals surface area contributed by atoms with E-state index >= 15 is 0 Å². The minimum Gasteiger partial charge on any atom is -0.508 e. The molecule has 0 amide bonds. The van der Waals surface area contributed by atoms with Crippen LogP contribution in [0.4, 0.5) is 0 Å². The Balaban J connectivity index is 1.75. The molecule has 0 aliphatic carbocycles. The van der Waals surface area contributed by atoms with Gasteiger partial charge in [-0.25, -0.2) is 14.8 Å². The lowest BCUT2D eigenvalue weighted by atomic mass is 10.2. The molecule has 0 unspecified atom stereocenters. The first-order valence-corrected chi connectivity index (χ1v) is 11.4. The predicted molar refractivity (Wildman–Crippen MR) is 116 cm³/mol. The quantitative estimate of drug-likeness (QED) is 0.452. The zero-order valence-corrected chi connectivity index (χ0v) is 18.5. The van der Waals surface area contributed by atoms with Crippen LogP contribution < -0.4 is 0 Å². The molecule has 1 aliphatic rings. The number of morpholine rings is 1. The van der Waals surface area contributed by atoms with Gasteiger partial charge in [-0.15, -0.1) is 11.3 Å². The molecule has 0 bridgehead atoms. The van der Waals surface area contributed by atoms with Gasteiger partial charge in [-0.2, -0.15) is 0 Å². The highest BCUT2D eigenvalue weighted by atomic mass is 32.2. The van der Waals surface area contributed by atoms with Gasteiger partial charge in [-0.3, -0.25) is 4.90 Å². The zero-order chi connectivity index (χ0) is 21.1. The highest BCUT2D eigenvalue weighted by molar-refractivity contribution is 7.99. The van der Waals surface area contributed by atoms with Crippen molar-refractivity contribution in [1.29, 1.82) is 0 Å². The van der Waals surface area contributed by atoms with E-state index in [1.165, 1.54) is 23.1 Å². The fourth-order valence-corrected chi connectivity index (χ4v) is 5.42. The number of carbonyl (C=O) groups is 1. The van der Waals surface area contributed by atoms with Gasteiger partial charge >= 0.3 is 5.97 Å². The Morgan fingerprint density at radius 2 is 2.00 bits per heavy atom. The second-order valence-electron chi connectivity index (χ2n) is 6.89. The number of fused-ring (bicyclic) bond motifs is 1. The molecule has 0 radical (unpaired) electrons. The van der Waals surface area contributed by atoms with Crippen LogP contribution in [0.3, 0.4) is 0 Å². The van der Waals surface area contributed by atoms with Gasteiger partial charge in [0.1, 0.15) is 26.3 Å². The lowest BCUT2D eigenvalue weighted by molar-refractivity contribution is 0.0330. The second kappa shape index (κ2) is 9.30. The molecule has 1 fully saturated rings. The number of aromatic nitrogens is 2. The second-order valence-corrected chi connectivity index (χ2v) is 8.95. The minimum absolute atomic E-state index is 0.219. The van der Waals surface area contributed by atoms with Crippen LogP contribution in [0.15, 0.2) is 34.2 Å². The maximum atomic E-state index is 12.4. The molecular formula is C21H23N3O4S2. The lowest BCUT2D eigenvalue weighted by Crippen LogP contribution is -2.36. The Bertz CT molecular complexity index is 1050. The smallest absolute Gasteiger partial charge is 0.348 e. The summed E-state index contributed by atoms with van der Waals surface area (Å²) in [5, 5.41) is 11.3. The molecule has 3 heterocycles. The third kappa shape index (κ3) is 4.59. The molecule has 1 aliphatic heterocycles. The minimum atomic E-state index is -0.326. The molecule has 158 valence electrons. The molecule has 0 atom stereocenters. The van der Waals surface area contributed by atoms with E-state index in [0.29, 0.717) is 31.2 Å². The number of hydrogen-bond donors (Lipinski definition) is 1. The van der Waals surface area contributed by atoms with Crippen LogP contribution >= 0.6 is 23.1 Å². The van der Waals surface area contributed by atoms with Crippen molar-refractivity contribution in [1.82, 2.24) is 14.9 Å². The van der Waals surface area contributed by atoms with Crippen molar-refractivity contribution in [2.75, 3.05) is 32.9 Å². The normalized spacial score (nSPS) is 14.9. The number of ether oxygens (including phenoxy) is 2. The third-order valence-corrected chi connectivity index (χ3v) is 6.95. The summed E-state index contributed by atoms with van der Waals surface area (Å²) >= 11 is 2.86. The van der Waals surface area contributed by atoms with E-state index in [9.17, 15) is 9.90 Å². The maximum absolute atomic E-state index is 12.4. The fraction of sp³-hybridized carbons (Fsp3) is 0.381. The number of thiophene rings is 1. The average Bonchev–Trinajstić information content (AvgIpc) is 3.07. The number of hydrogen-bond acceptors (Lipinski definition) is 9. The number of aromatic hydroxyl groups is 1. The van der Waals surface area contributed by atoms with Crippen LogP contribution in [0.2, 0.25) is 0 Å². The monoisotopic (exact) mass is 445 g/mol. The van der Waals surface area contributed by atoms with Gasteiger partial charge < -0.3 is 14.6 Å². The number of esters is 1. The largest absolute Gasteiger partial charge is 0.508 e. The van der Waals surface area contributed by atoms with Crippen molar-refractivity contribution in [3.05, 3.63) is 40.5 Å². The van der Waals surface area contributed by atoms with E-state index < -0.39 is 0 Å². The van der Waals surface area contributed by atoms with Crippen molar-refractivity contribution < 1.29 is 19.4 Å². The molecule has 9 heteroatoms. The molecule has 30 heavy (non-hydrogen) atoms. The van der Waals surface area contributed by atoms with Crippen molar-refractivity contribution in [2.24, 2.45) is 0 Å². The summed E-state index contributed by atoms with van der Waals surface area (Å²) in [5.41, 5.74) is 0.840. The molecule has 3 aromatic rings. The fourth-order valence-electron chi connectivity index (χ4n) is 3.27.